The molecule has 106 valence electrons. The van der Waals surface area contributed by atoms with E-state index in [1.54, 1.807) is 13.2 Å². The van der Waals surface area contributed by atoms with Gasteiger partial charge in [-0.15, -0.1) is 0 Å². The van der Waals surface area contributed by atoms with Crippen LogP contribution in [0.3, 0.4) is 0 Å². The molecule has 0 saturated carbocycles. The molecule has 0 aliphatic heterocycles. The number of H-pyrrole nitrogens is 1. The van der Waals surface area contributed by atoms with Gasteiger partial charge in [-0.05, 0) is 30.3 Å². The molecule has 5 heteroatoms. The average Bonchev–Trinajstić information content (AvgIpc) is 2.93. The Morgan fingerprint density at radius 3 is 2.76 bits per heavy atom. The molecule has 0 bridgehead atoms. The molecule has 1 heterocycles. The molecule has 2 aromatic carbocycles. The molecular formula is C16H13BrN2O2. The molecule has 0 fully saturated rings. The first kappa shape index (κ1) is 13.7. The highest BCUT2D eigenvalue weighted by Gasteiger charge is 2.13. The molecule has 4 nitrogen and oxygen atoms in total. The molecule has 0 unspecified atom stereocenters. The summed E-state index contributed by atoms with van der Waals surface area (Å²) in [6.07, 6.45) is 0. The fourth-order valence-corrected chi connectivity index (χ4v) is 2.78. The van der Waals surface area contributed by atoms with E-state index in [9.17, 15) is 4.79 Å². The minimum atomic E-state index is -0.452. The molecule has 0 saturated heterocycles. The molecule has 3 rings (SSSR count). The third-order valence-corrected chi connectivity index (χ3v) is 4.08. The van der Waals surface area contributed by atoms with Crippen LogP contribution in [0.25, 0.3) is 22.2 Å². The Labute approximate surface area is 130 Å². The number of methoxy groups -OCH3 is 1. The first-order valence-electron chi connectivity index (χ1n) is 6.35. The average molecular weight is 345 g/mol. The summed E-state index contributed by atoms with van der Waals surface area (Å²) >= 11 is 3.50. The fourth-order valence-electron chi connectivity index (χ4n) is 2.34. The maximum absolute atomic E-state index is 11.5. The van der Waals surface area contributed by atoms with Gasteiger partial charge in [0.05, 0.1) is 18.2 Å². The predicted octanol–water partition coefficient (Wildman–Crippen LogP) is 3.70. The van der Waals surface area contributed by atoms with Crippen LogP contribution >= 0.6 is 15.9 Å². The van der Waals surface area contributed by atoms with Crippen molar-refractivity contribution < 1.29 is 9.53 Å². The number of halogens is 1. The highest BCUT2D eigenvalue weighted by molar-refractivity contribution is 9.10. The molecule has 21 heavy (non-hydrogen) atoms. The first-order valence-corrected chi connectivity index (χ1v) is 7.15. The Morgan fingerprint density at radius 1 is 1.24 bits per heavy atom. The quantitative estimate of drug-likeness (QED) is 0.760. The van der Waals surface area contributed by atoms with Gasteiger partial charge in [0.2, 0.25) is 0 Å². The van der Waals surface area contributed by atoms with Crippen molar-refractivity contribution in [2.45, 2.75) is 0 Å². The zero-order valence-corrected chi connectivity index (χ0v) is 12.9. The highest BCUT2D eigenvalue weighted by atomic mass is 79.9. The number of carbonyl (C=O) groups is 1. The van der Waals surface area contributed by atoms with E-state index in [0.29, 0.717) is 5.56 Å². The zero-order chi connectivity index (χ0) is 15.0. The standard InChI is InChI=1S/C16H13BrN2O2/c1-21-10-4-2-3-9(7-10)14-8-12-13(17)6-5-11(16(18)20)15(12)19-14/h2-8,19H,1H3,(H2,18,20). The van der Waals surface area contributed by atoms with Gasteiger partial charge in [0.1, 0.15) is 5.75 Å². The Bertz CT molecular complexity index is 839. The van der Waals surface area contributed by atoms with E-state index in [4.69, 9.17) is 10.5 Å². The van der Waals surface area contributed by atoms with Gasteiger partial charge in [0.25, 0.3) is 5.91 Å². The van der Waals surface area contributed by atoms with Crippen molar-refractivity contribution >= 4 is 32.7 Å². The second-order valence-electron chi connectivity index (χ2n) is 4.66. The van der Waals surface area contributed by atoms with Crippen molar-refractivity contribution in [3.63, 3.8) is 0 Å². The van der Waals surface area contributed by atoms with E-state index >= 15 is 0 Å². The third-order valence-electron chi connectivity index (χ3n) is 3.39. The van der Waals surface area contributed by atoms with E-state index in [1.165, 1.54) is 0 Å². The van der Waals surface area contributed by atoms with E-state index in [0.717, 1.165) is 32.4 Å². The topological polar surface area (TPSA) is 68.1 Å². The molecule has 1 aromatic heterocycles. The molecular weight excluding hydrogens is 332 g/mol. The molecule has 0 atom stereocenters. The van der Waals surface area contributed by atoms with Gasteiger partial charge < -0.3 is 15.5 Å². The molecule has 0 radical (unpaired) electrons. The van der Waals surface area contributed by atoms with Gasteiger partial charge in [0.15, 0.2) is 0 Å². The van der Waals surface area contributed by atoms with Gasteiger partial charge in [-0.1, -0.05) is 28.1 Å². The van der Waals surface area contributed by atoms with Gasteiger partial charge >= 0.3 is 0 Å². The predicted molar refractivity (Wildman–Crippen MR) is 86.5 cm³/mol. The first-order chi connectivity index (χ1) is 10.1. The number of nitrogens with two attached hydrogens (primary N) is 1. The zero-order valence-electron chi connectivity index (χ0n) is 11.3. The normalized spacial score (nSPS) is 10.8. The van der Waals surface area contributed by atoms with Crippen molar-refractivity contribution in [1.82, 2.24) is 4.98 Å². The SMILES string of the molecule is COc1cccc(-c2cc3c(Br)ccc(C(N)=O)c3[nH]2)c1. The molecule has 0 aliphatic rings. The lowest BCUT2D eigenvalue weighted by Crippen LogP contribution is -2.11. The number of ether oxygens (including phenoxy) is 1. The minimum Gasteiger partial charge on any atom is -0.497 e. The Hall–Kier alpha value is -2.27. The van der Waals surface area contributed by atoms with Crippen molar-refractivity contribution in [3.05, 3.63) is 52.5 Å². The van der Waals surface area contributed by atoms with Crippen molar-refractivity contribution in [1.29, 1.82) is 0 Å². The molecule has 3 aromatic rings. The van der Waals surface area contributed by atoms with Crippen LogP contribution in [0, 0.1) is 0 Å². The summed E-state index contributed by atoms with van der Waals surface area (Å²) in [4.78, 5) is 14.8. The van der Waals surface area contributed by atoms with Gasteiger partial charge in [-0.25, -0.2) is 0 Å². The number of primary amides is 1. The number of hydrogen-bond donors (Lipinski definition) is 2. The lowest BCUT2D eigenvalue weighted by Gasteiger charge is -2.02. The summed E-state index contributed by atoms with van der Waals surface area (Å²) in [7, 11) is 1.63. The summed E-state index contributed by atoms with van der Waals surface area (Å²) < 4.78 is 6.15. The van der Waals surface area contributed by atoms with Crippen LogP contribution in [0.5, 0.6) is 5.75 Å². The van der Waals surface area contributed by atoms with Gasteiger partial charge in [0, 0.05) is 21.1 Å². The summed E-state index contributed by atoms with van der Waals surface area (Å²) in [5.74, 6) is 0.326. The number of carbonyl (C=O) groups excluding carboxylic acids is 1. The summed E-state index contributed by atoms with van der Waals surface area (Å²) in [5.41, 5.74) is 8.52. The smallest absolute Gasteiger partial charge is 0.250 e. The lowest BCUT2D eigenvalue weighted by atomic mass is 10.1. The van der Waals surface area contributed by atoms with Gasteiger partial charge in [-0.2, -0.15) is 0 Å². The number of fused-ring (bicyclic) bond motifs is 1. The number of rotatable bonds is 3. The monoisotopic (exact) mass is 344 g/mol. The highest BCUT2D eigenvalue weighted by Crippen LogP contribution is 2.32. The third kappa shape index (κ3) is 2.40. The van der Waals surface area contributed by atoms with E-state index in [-0.39, 0.29) is 0 Å². The van der Waals surface area contributed by atoms with Crippen LogP contribution in [-0.4, -0.2) is 18.0 Å². The number of aromatic nitrogens is 1. The van der Waals surface area contributed by atoms with Gasteiger partial charge in [-0.3, -0.25) is 4.79 Å². The fraction of sp³-hybridized carbons (Fsp3) is 0.0625. The summed E-state index contributed by atoms with van der Waals surface area (Å²) in [6.45, 7) is 0. The Kier molecular flexibility index (Phi) is 3.43. The molecule has 1 amide bonds. The summed E-state index contributed by atoms with van der Waals surface area (Å²) in [5, 5.41) is 0.920. The van der Waals surface area contributed by atoms with Crippen LogP contribution in [0.2, 0.25) is 0 Å². The maximum Gasteiger partial charge on any atom is 0.250 e. The largest absolute Gasteiger partial charge is 0.497 e. The number of benzene rings is 2. The second kappa shape index (κ2) is 5.26. The minimum absolute atomic E-state index is 0.452. The lowest BCUT2D eigenvalue weighted by molar-refractivity contribution is 0.100. The number of aromatic amines is 1. The van der Waals surface area contributed by atoms with Crippen molar-refractivity contribution in [2.24, 2.45) is 5.73 Å². The van der Waals surface area contributed by atoms with E-state index < -0.39 is 5.91 Å². The van der Waals surface area contributed by atoms with Crippen molar-refractivity contribution in [3.8, 4) is 17.0 Å². The van der Waals surface area contributed by atoms with E-state index in [1.807, 2.05) is 36.4 Å². The van der Waals surface area contributed by atoms with Crippen LogP contribution in [-0.2, 0) is 0 Å². The molecule has 3 N–H and O–H groups in total. The Morgan fingerprint density at radius 2 is 2.05 bits per heavy atom. The number of amides is 1. The number of hydrogen-bond acceptors (Lipinski definition) is 2. The van der Waals surface area contributed by atoms with E-state index in [2.05, 4.69) is 20.9 Å². The Balaban J connectivity index is 2.23. The molecule has 0 aliphatic carbocycles. The van der Waals surface area contributed by atoms with Crippen molar-refractivity contribution in [2.75, 3.05) is 7.11 Å². The number of nitrogens with one attached hydrogen (secondary N) is 1. The van der Waals surface area contributed by atoms with Crippen LogP contribution in [0.1, 0.15) is 10.4 Å². The van der Waals surface area contributed by atoms with Crippen LogP contribution < -0.4 is 10.5 Å². The summed E-state index contributed by atoms with van der Waals surface area (Å²) in [6, 6.07) is 13.2. The second-order valence-corrected chi connectivity index (χ2v) is 5.52. The van der Waals surface area contributed by atoms with Crippen LogP contribution in [0.4, 0.5) is 0 Å². The maximum atomic E-state index is 11.5. The van der Waals surface area contributed by atoms with Crippen LogP contribution in [0.15, 0.2) is 46.9 Å². The molecule has 0 spiro atoms.